The fraction of sp³-hybridized carbons (Fsp3) is 0.500. The second-order valence-electron chi connectivity index (χ2n) is 10.6. The molecule has 0 spiro atoms. The maximum absolute atomic E-state index is 13.7. The maximum atomic E-state index is 13.7. The lowest BCUT2D eigenvalue weighted by atomic mass is 9.58. The summed E-state index contributed by atoms with van der Waals surface area (Å²) in [5.74, 6) is -6.46. The van der Waals surface area contributed by atoms with Crippen LogP contribution in [-0.4, -0.2) is 87.7 Å². The summed E-state index contributed by atoms with van der Waals surface area (Å²) in [6.45, 7) is 1.67. The molecule has 37 heavy (non-hydrogen) atoms. The first-order chi connectivity index (χ1) is 17.5. The van der Waals surface area contributed by atoms with Crippen molar-refractivity contribution < 1.29 is 34.8 Å². The maximum Gasteiger partial charge on any atom is 0.255 e. The number of anilines is 1. The second-order valence-corrected chi connectivity index (χ2v) is 10.6. The third kappa shape index (κ3) is 3.64. The van der Waals surface area contributed by atoms with Crippen LogP contribution in [0.3, 0.4) is 0 Å². The number of piperidine rings is 1. The van der Waals surface area contributed by atoms with Gasteiger partial charge in [-0.15, -0.1) is 0 Å². The minimum atomic E-state index is -2.63. The fourth-order valence-electron chi connectivity index (χ4n) is 6.53. The number of nitrogens with two attached hydrogens (primary N) is 1. The Labute approximate surface area is 213 Å². The number of benzene rings is 1. The molecule has 5 rings (SSSR count). The third-order valence-electron chi connectivity index (χ3n) is 8.29. The van der Waals surface area contributed by atoms with Crippen LogP contribution in [0.1, 0.15) is 35.2 Å². The Hall–Kier alpha value is -3.41. The average molecular weight is 513 g/mol. The van der Waals surface area contributed by atoms with Crippen molar-refractivity contribution in [1.29, 1.82) is 0 Å². The van der Waals surface area contributed by atoms with Gasteiger partial charge >= 0.3 is 0 Å². The molecule has 1 heterocycles. The van der Waals surface area contributed by atoms with E-state index in [1.807, 2.05) is 0 Å². The van der Waals surface area contributed by atoms with Crippen LogP contribution in [0.15, 0.2) is 34.8 Å². The highest BCUT2D eigenvalue weighted by Gasteiger charge is 2.63. The van der Waals surface area contributed by atoms with Crippen molar-refractivity contribution in [3.63, 3.8) is 0 Å². The predicted octanol–water partition coefficient (Wildman–Crippen LogP) is 0.285. The number of hydrogen-bond acceptors (Lipinski definition) is 10. The number of hydrogen-bond donors (Lipinski definition) is 7. The van der Waals surface area contributed by atoms with Gasteiger partial charge in [0.05, 0.1) is 17.3 Å². The Morgan fingerprint density at radius 2 is 1.84 bits per heavy atom. The van der Waals surface area contributed by atoms with Gasteiger partial charge in [-0.2, -0.15) is 0 Å². The number of carbonyl (C=O) groups excluding carboxylic acids is 3. The minimum Gasteiger partial charge on any atom is -0.510 e. The van der Waals surface area contributed by atoms with Crippen molar-refractivity contribution in [3.8, 4) is 5.75 Å². The summed E-state index contributed by atoms with van der Waals surface area (Å²) in [4.78, 5) is 40.7. The normalized spacial score (nSPS) is 30.2. The number of amides is 1. The van der Waals surface area contributed by atoms with E-state index in [4.69, 9.17) is 5.73 Å². The monoisotopic (exact) mass is 512 g/mol. The first kappa shape index (κ1) is 25.2. The largest absolute Gasteiger partial charge is 0.510 e. The molecule has 11 nitrogen and oxygen atoms in total. The number of nitrogens with zero attached hydrogens (tertiary/aromatic N) is 1. The molecule has 11 heteroatoms. The van der Waals surface area contributed by atoms with E-state index in [2.05, 4.69) is 10.6 Å². The van der Waals surface area contributed by atoms with E-state index in [-0.39, 0.29) is 35.8 Å². The van der Waals surface area contributed by atoms with E-state index in [1.54, 1.807) is 26.2 Å². The summed E-state index contributed by atoms with van der Waals surface area (Å²) in [7, 11) is 3.20. The Morgan fingerprint density at radius 3 is 2.46 bits per heavy atom. The molecule has 8 N–H and O–H groups in total. The van der Waals surface area contributed by atoms with Gasteiger partial charge < -0.3 is 36.8 Å². The highest BCUT2D eigenvalue weighted by atomic mass is 16.3. The Kier molecular flexibility index (Phi) is 6.05. The van der Waals surface area contributed by atoms with Crippen LogP contribution < -0.4 is 16.4 Å². The molecule has 1 aromatic rings. The molecule has 0 aromatic heterocycles. The Morgan fingerprint density at radius 1 is 1.16 bits per heavy atom. The molecule has 198 valence electrons. The number of likely N-dealkylation sites (N-methyl/N-ethyl adjacent to an activating group) is 1. The Bertz CT molecular complexity index is 1260. The lowest BCUT2D eigenvalue weighted by Crippen LogP contribution is -2.63. The van der Waals surface area contributed by atoms with Gasteiger partial charge in [-0.3, -0.25) is 19.3 Å². The van der Waals surface area contributed by atoms with E-state index in [0.29, 0.717) is 11.3 Å². The molecule has 1 fully saturated rings. The van der Waals surface area contributed by atoms with Gasteiger partial charge in [0.15, 0.2) is 11.4 Å². The van der Waals surface area contributed by atoms with Crippen LogP contribution in [-0.2, 0) is 16.0 Å². The van der Waals surface area contributed by atoms with E-state index in [9.17, 15) is 34.8 Å². The van der Waals surface area contributed by atoms with Crippen LogP contribution in [0.2, 0.25) is 0 Å². The van der Waals surface area contributed by atoms with Gasteiger partial charge in [-0.1, -0.05) is 6.07 Å². The van der Waals surface area contributed by atoms with Gasteiger partial charge in [-0.05, 0) is 70.4 Å². The van der Waals surface area contributed by atoms with Crippen molar-refractivity contribution >= 4 is 23.2 Å². The molecule has 1 aliphatic heterocycles. The standard InChI is InChI=1S/C26H32N4O7/c1-30(2)19-14-10-12-9-11-3-4-15(29-13-5-7-28-8-6-13)20(31)16(11)21(32)17(12)23(34)26(14,37)24(35)18(22(19)33)25(27)36/h3-4,12-14,19,28-29,31,33-34,37H,5-10H2,1-2H3,(H2,27,36)/t12-,14-,19-,26+/m1/s1. The average Bonchev–Trinajstić information content (AvgIpc) is 2.83. The van der Waals surface area contributed by atoms with Gasteiger partial charge in [0.1, 0.15) is 22.8 Å². The van der Waals surface area contributed by atoms with E-state index in [1.165, 1.54) is 4.90 Å². The number of Topliss-reactive ketones (excluding diaryl/α,β-unsaturated/α-hetero) is 2. The van der Waals surface area contributed by atoms with Gasteiger partial charge in [0, 0.05) is 17.5 Å². The van der Waals surface area contributed by atoms with Crippen LogP contribution >= 0.6 is 0 Å². The number of aromatic hydroxyl groups is 1. The molecule has 1 aromatic carbocycles. The molecule has 0 unspecified atom stereocenters. The molecule has 0 radical (unpaired) electrons. The number of rotatable bonds is 4. The summed E-state index contributed by atoms with van der Waals surface area (Å²) in [5.41, 5.74) is 2.75. The topological polar surface area (TPSA) is 185 Å². The van der Waals surface area contributed by atoms with Gasteiger partial charge in [-0.25, -0.2) is 0 Å². The van der Waals surface area contributed by atoms with E-state index < -0.39 is 58.0 Å². The zero-order valence-corrected chi connectivity index (χ0v) is 20.7. The number of aliphatic hydroxyl groups is 3. The smallest absolute Gasteiger partial charge is 0.255 e. The quantitative estimate of drug-likeness (QED) is 0.218. The highest BCUT2D eigenvalue weighted by molar-refractivity contribution is 6.24. The summed E-state index contributed by atoms with van der Waals surface area (Å²) in [6.07, 6.45) is 2.05. The molecule has 0 saturated carbocycles. The van der Waals surface area contributed by atoms with Gasteiger partial charge in [0.2, 0.25) is 5.78 Å². The lowest BCUT2D eigenvalue weighted by Gasteiger charge is -2.50. The van der Waals surface area contributed by atoms with Crippen LogP contribution in [0, 0.1) is 11.8 Å². The van der Waals surface area contributed by atoms with Crippen molar-refractivity contribution in [2.75, 3.05) is 32.5 Å². The number of fused-ring (bicyclic) bond motifs is 3. The predicted molar refractivity (Wildman–Crippen MR) is 133 cm³/mol. The summed E-state index contributed by atoms with van der Waals surface area (Å²) >= 11 is 0. The molecule has 3 aliphatic carbocycles. The SMILES string of the molecule is CN(C)[C@H]1C(O)=C(C(N)=O)C(=O)[C@@]2(O)C(O)=C3C(=O)c4c(ccc(NC5CCNCC5)c4O)C[C@@H]3C[C@H]12. The first-order valence-electron chi connectivity index (χ1n) is 12.4. The third-order valence-corrected chi connectivity index (χ3v) is 8.29. The molecule has 0 bridgehead atoms. The molecule has 4 atom stereocenters. The minimum absolute atomic E-state index is 0.0136. The number of ketones is 2. The van der Waals surface area contributed by atoms with Crippen LogP contribution in [0.5, 0.6) is 5.75 Å². The van der Waals surface area contributed by atoms with Crippen molar-refractivity contribution in [1.82, 2.24) is 10.2 Å². The van der Waals surface area contributed by atoms with Gasteiger partial charge in [0.25, 0.3) is 5.91 Å². The number of phenols is 1. The number of phenolic OH excluding ortho intramolecular Hbond substituents is 1. The van der Waals surface area contributed by atoms with Crippen LogP contribution in [0.4, 0.5) is 5.69 Å². The van der Waals surface area contributed by atoms with Crippen LogP contribution in [0.25, 0.3) is 0 Å². The second kappa shape index (κ2) is 8.86. The molecule has 4 aliphatic rings. The first-order valence-corrected chi connectivity index (χ1v) is 12.4. The molecule has 1 amide bonds. The van der Waals surface area contributed by atoms with Crippen molar-refractivity contribution in [2.45, 2.75) is 43.4 Å². The highest BCUT2D eigenvalue weighted by Crippen LogP contribution is 2.52. The van der Waals surface area contributed by atoms with E-state index in [0.717, 1.165) is 25.9 Å². The summed E-state index contributed by atoms with van der Waals surface area (Å²) < 4.78 is 0. The number of nitrogens with one attached hydrogen (secondary N) is 2. The van der Waals surface area contributed by atoms with E-state index >= 15 is 0 Å². The summed E-state index contributed by atoms with van der Waals surface area (Å²) in [6, 6.07) is 2.62. The summed E-state index contributed by atoms with van der Waals surface area (Å²) in [5, 5.41) is 51.4. The van der Waals surface area contributed by atoms with Crippen molar-refractivity contribution in [3.05, 3.63) is 45.9 Å². The lowest BCUT2D eigenvalue weighted by molar-refractivity contribution is -0.148. The number of primary amides is 1. The zero-order chi connectivity index (χ0) is 26.8. The zero-order valence-electron chi connectivity index (χ0n) is 20.7. The van der Waals surface area contributed by atoms with Crippen molar-refractivity contribution in [2.24, 2.45) is 17.6 Å². The number of carbonyl (C=O) groups is 3. The Balaban J connectivity index is 1.60. The molecule has 1 saturated heterocycles. The molecular formula is C26H32N4O7. The number of allylic oxidation sites excluding steroid dienone is 1. The molecular weight excluding hydrogens is 480 g/mol. The number of aliphatic hydroxyl groups excluding tert-OH is 2. The fourth-order valence-corrected chi connectivity index (χ4v) is 6.53.